The van der Waals surface area contributed by atoms with Crippen molar-refractivity contribution in [1.29, 1.82) is 0 Å². The molecule has 1 aliphatic rings. The third-order valence-electron chi connectivity index (χ3n) is 3.39. The van der Waals surface area contributed by atoms with Gasteiger partial charge in [0.1, 0.15) is 5.78 Å². The number of allylic oxidation sites excluding steroid dienone is 3. The normalized spacial score (nSPS) is 25.4. The Morgan fingerprint density at radius 1 is 1.25 bits per heavy atom. The highest BCUT2D eigenvalue weighted by atomic mass is 16.1. The van der Waals surface area contributed by atoms with Crippen molar-refractivity contribution < 1.29 is 4.79 Å². The molecule has 1 fully saturated rings. The zero-order valence-electron chi connectivity index (χ0n) is 10.5. The van der Waals surface area contributed by atoms with Gasteiger partial charge in [-0.25, -0.2) is 0 Å². The third kappa shape index (κ3) is 4.34. The van der Waals surface area contributed by atoms with Crippen LogP contribution in [0.4, 0.5) is 0 Å². The van der Waals surface area contributed by atoms with E-state index in [0.29, 0.717) is 24.0 Å². The molecular weight excluding hydrogens is 196 g/mol. The Labute approximate surface area is 99.6 Å². The second-order valence-electron chi connectivity index (χ2n) is 4.79. The molecule has 0 unspecified atom stereocenters. The van der Waals surface area contributed by atoms with Gasteiger partial charge in [-0.2, -0.15) is 0 Å². The summed E-state index contributed by atoms with van der Waals surface area (Å²) in [5.74, 6) is 1.21. The summed E-state index contributed by atoms with van der Waals surface area (Å²) in [6.07, 6.45) is 14.3. The molecule has 90 valence electrons. The molecule has 0 N–H and O–H groups in total. The monoisotopic (exact) mass is 220 g/mol. The van der Waals surface area contributed by atoms with E-state index in [1.54, 1.807) is 0 Å². The van der Waals surface area contributed by atoms with E-state index in [1.165, 1.54) is 25.7 Å². The van der Waals surface area contributed by atoms with Crippen LogP contribution in [0.1, 0.15) is 51.9 Å². The van der Waals surface area contributed by atoms with Crippen molar-refractivity contribution in [1.82, 2.24) is 0 Å². The maximum atomic E-state index is 11.3. The molecule has 0 aliphatic heterocycles. The van der Waals surface area contributed by atoms with Gasteiger partial charge in [0.15, 0.2) is 0 Å². The minimum Gasteiger partial charge on any atom is -0.300 e. The van der Waals surface area contributed by atoms with Crippen LogP contribution in [0, 0.1) is 11.8 Å². The highest BCUT2D eigenvalue weighted by molar-refractivity contribution is 5.81. The molecule has 0 radical (unpaired) electrons. The lowest BCUT2D eigenvalue weighted by atomic mass is 9.95. The van der Waals surface area contributed by atoms with Crippen LogP contribution in [0.15, 0.2) is 24.8 Å². The van der Waals surface area contributed by atoms with Crippen molar-refractivity contribution in [2.45, 2.75) is 51.9 Å². The van der Waals surface area contributed by atoms with E-state index in [-0.39, 0.29) is 0 Å². The van der Waals surface area contributed by atoms with Crippen molar-refractivity contribution in [3.8, 4) is 0 Å². The number of Topliss-reactive ketones (excluding diaryl/α,β-unsaturated/α-hetero) is 1. The number of ketones is 1. The first-order valence-corrected chi connectivity index (χ1v) is 6.58. The Balaban J connectivity index is 2.22. The number of rotatable bonds is 7. The first kappa shape index (κ1) is 13.2. The summed E-state index contributed by atoms with van der Waals surface area (Å²) in [5, 5.41) is 0. The van der Waals surface area contributed by atoms with Gasteiger partial charge in [0.05, 0.1) is 0 Å². The summed E-state index contributed by atoms with van der Waals surface area (Å²) in [4.78, 5) is 11.3. The highest BCUT2D eigenvalue weighted by Crippen LogP contribution is 2.31. The van der Waals surface area contributed by atoms with Crippen molar-refractivity contribution >= 4 is 5.78 Å². The Morgan fingerprint density at radius 3 is 2.69 bits per heavy atom. The molecule has 16 heavy (non-hydrogen) atoms. The highest BCUT2D eigenvalue weighted by Gasteiger charge is 2.28. The molecule has 0 aromatic heterocycles. The Morgan fingerprint density at radius 2 is 2.00 bits per heavy atom. The van der Waals surface area contributed by atoms with E-state index >= 15 is 0 Å². The second kappa shape index (κ2) is 7.43. The Bertz CT molecular complexity index is 252. The topological polar surface area (TPSA) is 17.1 Å². The van der Waals surface area contributed by atoms with Gasteiger partial charge < -0.3 is 0 Å². The lowest BCUT2D eigenvalue weighted by Gasteiger charge is -2.09. The number of carbonyl (C=O) groups excluding carboxylic acids is 1. The van der Waals surface area contributed by atoms with E-state index in [0.717, 1.165) is 12.8 Å². The van der Waals surface area contributed by atoms with Crippen LogP contribution in [-0.2, 0) is 4.79 Å². The Kier molecular flexibility index (Phi) is 6.14. The van der Waals surface area contributed by atoms with Gasteiger partial charge >= 0.3 is 0 Å². The Hall–Kier alpha value is -0.850. The van der Waals surface area contributed by atoms with Gasteiger partial charge in [-0.3, -0.25) is 4.79 Å². The first-order valence-electron chi connectivity index (χ1n) is 6.58. The fourth-order valence-electron chi connectivity index (χ4n) is 2.34. The number of unbranched alkanes of at least 4 members (excludes halogenated alkanes) is 4. The molecule has 0 aromatic carbocycles. The minimum absolute atomic E-state index is 0.388. The molecule has 1 heteroatoms. The zero-order valence-corrected chi connectivity index (χ0v) is 10.5. The summed E-state index contributed by atoms with van der Waals surface area (Å²) in [6, 6.07) is 0. The maximum Gasteiger partial charge on any atom is 0.134 e. The largest absolute Gasteiger partial charge is 0.300 e. The lowest BCUT2D eigenvalue weighted by molar-refractivity contribution is -0.117. The molecule has 0 amide bonds. The van der Waals surface area contributed by atoms with Crippen molar-refractivity contribution in [2.24, 2.45) is 11.8 Å². The van der Waals surface area contributed by atoms with E-state index in [2.05, 4.69) is 25.7 Å². The summed E-state index contributed by atoms with van der Waals surface area (Å²) in [5.41, 5.74) is 0. The van der Waals surface area contributed by atoms with Crippen molar-refractivity contribution in [3.63, 3.8) is 0 Å². The van der Waals surface area contributed by atoms with Gasteiger partial charge in [0.25, 0.3) is 0 Å². The molecule has 1 rings (SSSR count). The summed E-state index contributed by atoms with van der Waals surface area (Å²) >= 11 is 0. The maximum absolute atomic E-state index is 11.3. The molecule has 0 spiro atoms. The van der Waals surface area contributed by atoms with Crippen molar-refractivity contribution in [2.75, 3.05) is 0 Å². The van der Waals surface area contributed by atoms with Crippen LogP contribution >= 0.6 is 0 Å². The zero-order chi connectivity index (χ0) is 11.8. The first-order chi connectivity index (χ1) is 7.77. The van der Waals surface area contributed by atoms with E-state index in [4.69, 9.17) is 0 Å². The summed E-state index contributed by atoms with van der Waals surface area (Å²) in [6.45, 7) is 6.04. The quantitative estimate of drug-likeness (QED) is 0.462. The van der Waals surface area contributed by atoms with Gasteiger partial charge in [-0.1, -0.05) is 44.4 Å². The second-order valence-corrected chi connectivity index (χ2v) is 4.79. The lowest BCUT2D eigenvalue weighted by Crippen LogP contribution is -2.00. The molecule has 0 saturated heterocycles. The van der Waals surface area contributed by atoms with Crippen LogP contribution in [0.5, 0.6) is 0 Å². The molecule has 0 heterocycles. The average Bonchev–Trinajstić information content (AvgIpc) is 2.64. The van der Waals surface area contributed by atoms with E-state index in [9.17, 15) is 4.79 Å². The van der Waals surface area contributed by atoms with Gasteiger partial charge in [-0.05, 0) is 24.7 Å². The predicted molar refractivity (Wildman–Crippen MR) is 69.3 cm³/mol. The van der Waals surface area contributed by atoms with E-state index in [1.807, 2.05) is 6.08 Å². The van der Waals surface area contributed by atoms with Crippen LogP contribution in [-0.4, -0.2) is 5.78 Å². The van der Waals surface area contributed by atoms with Crippen molar-refractivity contribution in [3.05, 3.63) is 24.8 Å². The SMILES string of the molecule is C=C[C@H]1CC(=O)C[C@H]1/C=C\CCCCCC. The van der Waals surface area contributed by atoms with Crippen LogP contribution in [0.3, 0.4) is 0 Å². The minimum atomic E-state index is 0.388. The fourth-order valence-corrected chi connectivity index (χ4v) is 2.34. The number of hydrogen-bond acceptors (Lipinski definition) is 1. The average molecular weight is 220 g/mol. The van der Waals surface area contributed by atoms with Crippen LogP contribution in [0.2, 0.25) is 0 Å². The van der Waals surface area contributed by atoms with Crippen LogP contribution < -0.4 is 0 Å². The summed E-state index contributed by atoms with van der Waals surface area (Å²) in [7, 11) is 0. The predicted octanol–water partition coefficient (Wildman–Crippen LogP) is 4.29. The van der Waals surface area contributed by atoms with E-state index < -0.39 is 0 Å². The molecule has 0 bridgehead atoms. The summed E-state index contributed by atoms with van der Waals surface area (Å²) < 4.78 is 0. The molecule has 1 aliphatic carbocycles. The van der Waals surface area contributed by atoms with Gasteiger partial charge in [0.2, 0.25) is 0 Å². The molecule has 0 aromatic rings. The molecule has 1 saturated carbocycles. The standard InChI is InChI=1S/C15H24O/c1-3-5-6-7-8-9-10-14-12-15(16)11-13(14)4-2/h4,9-10,13-14H,2-3,5-8,11-12H2,1H3/b10-9-/t13-,14+/m0/s1. The molecular formula is C15H24O. The smallest absolute Gasteiger partial charge is 0.134 e. The van der Waals surface area contributed by atoms with Gasteiger partial charge in [-0.15, -0.1) is 6.58 Å². The third-order valence-corrected chi connectivity index (χ3v) is 3.39. The molecule has 1 nitrogen and oxygen atoms in total. The fraction of sp³-hybridized carbons (Fsp3) is 0.667. The molecule has 2 atom stereocenters. The van der Waals surface area contributed by atoms with Gasteiger partial charge in [0, 0.05) is 12.8 Å². The van der Waals surface area contributed by atoms with Crippen LogP contribution in [0.25, 0.3) is 0 Å². The number of hydrogen-bond donors (Lipinski definition) is 0. The number of carbonyl (C=O) groups is 1.